The zero-order valence-electron chi connectivity index (χ0n) is 37.5. The van der Waals surface area contributed by atoms with Crippen molar-refractivity contribution < 1.29 is 51.4 Å². The molecule has 354 valence electrons. The van der Waals surface area contributed by atoms with Crippen LogP contribution in [0.3, 0.4) is 0 Å². The van der Waals surface area contributed by atoms with Crippen LogP contribution in [0, 0.1) is 18.8 Å². The summed E-state index contributed by atoms with van der Waals surface area (Å²) in [6, 6.07) is 17.7. The van der Waals surface area contributed by atoms with Crippen molar-refractivity contribution in [2.45, 2.75) is 102 Å². The molecule has 0 spiro atoms. The summed E-state index contributed by atoms with van der Waals surface area (Å²) < 4.78 is 61.5. The van der Waals surface area contributed by atoms with Gasteiger partial charge in [-0.15, -0.1) is 0 Å². The fourth-order valence-electron chi connectivity index (χ4n) is 8.02. The Bertz CT molecular complexity index is 2370. The number of aliphatic carboxylic acids is 1. The maximum Gasteiger partial charge on any atom is 0.411 e. The monoisotopic (exact) mass is 920 g/mol. The number of aromatic amines is 1. The number of hydrogen-bond acceptors (Lipinski definition) is 9. The van der Waals surface area contributed by atoms with Gasteiger partial charge in [-0.1, -0.05) is 30.3 Å². The van der Waals surface area contributed by atoms with Crippen molar-refractivity contribution in [1.82, 2.24) is 36.0 Å². The summed E-state index contributed by atoms with van der Waals surface area (Å²) in [7, 11) is 2.07. The Labute approximate surface area is 379 Å². The molecule has 2 heterocycles. The highest BCUT2D eigenvalue weighted by Gasteiger charge is 2.66. The number of carbonyl (C=O) groups excluding carboxylic acids is 4. The van der Waals surface area contributed by atoms with Gasteiger partial charge in [-0.3, -0.25) is 19.5 Å². The second-order valence-electron chi connectivity index (χ2n) is 18.2. The number of carbonyl (C=O) groups is 5. The number of rotatable bonds is 15. The molecule has 1 aliphatic heterocycles. The number of nitrogens with one attached hydrogen (secondary N) is 5. The van der Waals surface area contributed by atoms with E-state index in [-0.39, 0.29) is 53.2 Å². The largest absolute Gasteiger partial charge is 0.477 e. The number of benzene rings is 3. The highest BCUT2D eigenvalue weighted by molar-refractivity contribution is 5.98. The number of likely N-dealkylation sites (tertiary alicyclic amines) is 1. The van der Waals surface area contributed by atoms with Crippen LogP contribution < -0.4 is 21.3 Å². The summed E-state index contributed by atoms with van der Waals surface area (Å²) in [5, 5.41) is 25.5. The predicted octanol–water partition coefficient (Wildman–Crippen LogP) is 7.08. The van der Waals surface area contributed by atoms with Crippen LogP contribution >= 0.6 is 0 Å². The van der Waals surface area contributed by atoms with Crippen LogP contribution in [0.1, 0.15) is 86.6 Å². The lowest BCUT2D eigenvalue weighted by Crippen LogP contribution is -2.48. The van der Waals surface area contributed by atoms with Crippen molar-refractivity contribution in [2.75, 3.05) is 32.0 Å². The van der Waals surface area contributed by atoms with Crippen LogP contribution in [0.25, 0.3) is 22.5 Å². The van der Waals surface area contributed by atoms with E-state index in [9.17, 15) is 41.5 Å². The number of hydrogen-bond donors (Lipinski definition) is 6. The summed E-state index contributed by atoms with van der Waals surface area (Å²) in [5.74, 6) is -17.0. The van der Waals surface area contributed by atoms with Crippen molar-refractivity contribution in [3.8, 4) is 22.5 Å². The van der Waals surface area contributed by atoms with Gasteiger partial charge in [0, 0.05) is 41.7 Å². The van der Waals surface area contributed by atoms with Crippen molar-refractivity contribution in [3.05, 3.63) is 89.2 Å². The van der Waals surface area contributed by atoms with Crippen LogP contribution in [0.2, 0.25) is 0 Å². The third kappa shape index (κ3) is 12.3. The average Bonchev–Trinajstić information content (AvgIpc) is 3.78. The Hall–Kier alpha value is -6.37. The molecule has 0 bridgehead atoms. The van der Waals surface area contributed by atoms with Crippen LogP contribution in [-0.2, 0) is 31.5 Å². The first-order valence-electron chi connectivity index (χ1n) is 21.9. The molecule has 6 rings (SSSR count). The minimum Gasteiger partial charge on any atom is -0.477 e. The van der Waals surface area contributed by atoms with E-state index in [0.717, 1.165) is 48.2 Å². The summed E-state index contributed by atoms with van der Waals surface area (Å²) >= 11 is 0. The fraction of sp³-hybridized carbons (Fsp3) is 0.468. The number of amides is 4. The van der Waals surface area contributed by atoms with Crippen LogP contribution in [0.15, 0.2) is 66.7 Å². The van der Waals surface area contributed by atoms with Gasteiger partial charge in [-0.05, 0) is 151 Å². The zero-order valence-corrected chi connectivity index (χ0v) is 37.5. The number of carboxylic acids is 1. The highest BCUT2D eigenvalue weighted by atomic mass is 19.3. The van der Waals surface area contributed by atoms with Crippen molar-refractivity contribution in [3.63, 3.8) is 0 Å². The number of ether oxygens (including phenoxy) is 1. The number of halogens is 4. The Kier molecular flexibility index (Phi) is 15.2. The number of piperidine rings is 1. The number of nitrogens with zero attached hydrogens (tertiary/aromatic N) is 3. The van der Waals surface area contributed by atoms with E-state index < -0.39 is 47.3 Å². The van der Waals surface area contributed by atoms with E-state index >= 15 is 0 Å². The molecule has 1 aromatic heterocycles. The first-order valence-corrected chi connectivity index (χ1v) is 21.9. The molecule has 4 amide bonds. The second-order valence-corrected chi connectivity index (χ2v) is 18.2. The summed E-state index contributed by atoms with van der Waals surface area (Å²) in [6.45, 7) is 9.55. The van der Waals surface area contributed by atoms with E-state index in [0.29, 0.717) is 37.8 Å². The van der Waals surface area contributed by atoms with Crippen LogP contribution in [0.4, 0.5) is 28.0 Å². The van der Waals surface area contributed by atoms with E-state index in [1.54, 1.807) is 26.8 Å². The quantitative estimate of drug-likeness (QED) is 0.0668. The lowest BCUT2D eigenvalue weighted by Gasteiger charge is -2.29. The SMILES string of the molecule is Cc1cc(C(=O)NC2CCN(C)CC2)ccc1-c1ccc(C[C@H](NC(=O)[C@H]2CC[C@H](CNC(=O)OC(C)(C)C)CC2)C(=O)Nc2ccc(-c3nc(C(F)(F)C(F)(F)C(=O)O)n[nH]3)cc2)cc1. The second kappa shape index (κ2) is 20.4. The zero-order chi connectivity index (χ0) is 48.0. The number of aromatic nitrogens is 3. The molecule has 6 N–H and O–H groups in total. The number of carboxylic acid groups (broad SMARTS) is 1. The molecular formula is C47H56F4N8O7. The molecule has 19 heteroatoms. The average molecular weight is 921 g/mol. The Morgan fingerprint density at radius 2 is 1.52 bits per heavy atom. The van der Waals surface area contributed by atoms with Gasteiger partial charge >= 0.3 is 23.9 Å². The number of alkyl carbamates (subject to hydrolysis) is 1. The van der Waals surface area contributed by atoms with Crippen molar-refractivity contribution >= 4 is 35.5 Å². The maximum absolute atomic E-state index is 14.3. The molecule has 0 unspecified atom stereocenters. The molecule has 15 nitrogen and oxygen atoms in total. The van der Waals surface area contributed by atoms with Gasteiger partial charge in [0.1, 0.15) is 11.6 Å². The van der Waals surface area contributed by atoms with Gasteiger partial charge in [-0.25, -0.2) is 14.6 Å². The van der Waals surface area contributed by atoms with Gasteiger partial charge in [-0.2, -0.15) is 22.7 Å². The maximum atomic E-state index is 14.3. The Morgan fingerprint density at radius 1 is 0.879 bits per heavy atom. The third-order valence-electron chi connectivity index (χ3n) is 11.9. The van der Waals surface area contributed by atoms with E-state index in [2.05, 4.69) is 48.4 Å². The van der Waals surface area contributed by atoms with Crippen LogP contribution in [0.5, 0.6) is 0 Å². The molecule has 0 radical (unpaired) electrons. The van der Waals surface area contributed by atoms with E-state index in [1.165, 1.54) is 24.3 Å². The standard InChI is InChI=1S/C47H56F4N8O7/c1-27-24-33(40(61)53-35-20-22-59(5)23-21-35)16-19-36(27)30-10-6-28(7-11-30)25-37(55-39(60)32-12-8-29(9-13-32)26-52-44(65)66-45(2,3)4)41(62)54-34-17-14-31(15-18-34)38-56-42(58-57-38)46(48,49)47(50,51)43(63)64/h6-7,10-11,14-19,24,29,32,35,37H,8-9,12-13,20-23,25-26H2,1-5H3,(H,52,65)(H,53,61)(H,54,62)(H,55,60)(H,63,64)(H,56,57,58)/t29-,32-,37-/m0/s1. The first kappa shape index (κ1) is 49.1. The molecule has 66 heavy (non-hydrogen) atoms. The lowest BCUT2D eigenvalue weighted by molar-refractivity contribution is -0.231. The minimum atomic E-state index is -5.47. The van der Waals surface area contributed by atoms with Gasteiger partial charge in [0.05, 0.1) is 0 Å². The molecule has 2 aliphatic rings. The lowest BCUT2D eigenvalue weighted by atomic mass is 9.81. The number of H-pyrrole nitrogens is 1. The Morgan fingerprint density at radius 3 is 2.12 bits per heavy atom. The molecule has 4 aromatic rings. The number of alkyl halides is 4. The van der Waals surface area contributed by atoms with Gasteiger partial charge in [0.25, 0.3) is 5.91 Å². The van der Waals surface area contributed by atoms with Crippen molar-refractivity contribution in [1.29, 1.82) is 0 Å². The third-order valence-corrected chi connectivity index (χ3v) is 11.9. The van der Waals surface area contributed by atoms with Gasteiger partial charge in [0.15, 0.2) is 5.82 Å². The number of anilines is 1. The van der Waals surface area contributed by atoms with Gasteiger partial charge in [0.2, 0.25) is 17.6 Å². The number of aryl methyl sites for hydroxylation is 1. The molecule has 2 fully saturated rings. The van der Waals surface area contributed by atoms with E-state index in [4.69, 9.17) is 9.84 Å². The Balaban J connectivity index is 1.13. The molecule has 1 atom stereocenters. The molecule has 1 aliphatic carbocycles. The predicted molar refractivity (Wildman–Crippen MR) is 237 cm³/mol. The topological polar surface area (TPSA) is 208 Å². The minimum absolute atomic E-state index is 0.107. The van der Waals surface area contributed by atoms with Crippen LogP contribution in [-0.4, -0.2) is 105 Å². The smallest absolute Gasteiger partial charge is 0.411 e. The molecular weight excluding hydrogens is 865 g/mol. The van der Waals surface area contributed by atoms with Crippen molar-refractivity contribution in [2.24, 2.45) is 11.8 Å². The van der Waals surface area contributed by atoms with E-state index in [1.807, 2.05) is 43.3 Å². The highest BCUT2D eigenvalue weighted by Crippen LogP contribution is 2.42. The first-order chi connectivity index (χ1) is 31.1. The summed E-state index contributed by atoms with van der Waals surface area (Å²) in [6.07, 6.45) is 3.83. The molecule has 3 aromatic carbocycles. The summed E-state index contributed by atoms with van der Waals surface area (Å²) in [4.78, 5) is 69.4. The molecule has 1 saturated heterocycles. The normalized spacial score (nSPS) is 17.9. The summed E-state index contributed by atoms with van der Waals surface area (Å²) in [5.41, 5.74) is 3.77. The van der Waals surface area contributed by atoms with Gasteiger partial charge < -0.3 is 36.0 Å². The fourth-order valence-corrected chi connectivity index (χ4v) is 8.02. The molecule has 1 saturated carbocycles.